The molecule has 0 heterocycles. The number of carbonyl (C=O) groups excluding carboxylic acids is 1. The molecule has 0 aromatic heterocycles. The first-order chi connectivity index (χ1) is 23.2. The Balaban J connectivity index is 0.000000611. The van der Waals surface area contributed by atoms with Gasteiger partial charge in [-0.2, -0.15) is 17.7 Å². The molecule has 6 aromatic carbocycles. The van der Waals surface area contributed by atoms with Gasteiger partial charge in [-0.1, -0.05) is 169 Å². The van der Waals surface area contributed by atoms with Gasteiger partial charge in [-0.15, -0.1) is 0 Å². The van der Waals surface area contributed by atoms with Gasteiger partial charge >= 0.3 is 33.9 Å². The number of benzene rings is 6. The smallest absolute Gasteiger partial charge is 0 e. The maximum Gasteiger partial charge on any atom is 0 e. The fraction of sp³-hybridized carbons (Fsp3) is 0. The van der Waals surface area contributed by atoms with E-state index in [1.165, 1.54) is 31.8 Å². The van der Waals surface area contributed by atoms with Crippen LogP contribution in [0.4, 0.5) is 0 Å². The minimum Gasteiger partial charge on any atom is -0.0622 e. The number of hydrogen-bond donors (Lipinski definition) is 0. The summed E-state index contributed by atoms with van der Waals surface area (Å²) in [6.45, 7) is 13.5. The molecule has 0 bridgehead atoms. The largest absolute Gasteiger partial charge is 0.0622 e. The minimum atomic E-state index is -0.664. The number of halogens is 1. The molecule has 0 N–H and O–H groups in total. The van der Waals surface area contributed by atoms with Crippen LogP contribution in [0.1, 0.15) is 5.56 Å². The molecule has 6 aromatic rings. The summed E-state index contributed by atoms with van der Waals surface area (Å²) >= 11 is 5.54. The van der Waals surface area contributed by atoms with Crippen LogP contribution in [0.2, 0.25) is 5.02 Å². The van der Waals surface area contributed by atoms with E-state index in [2.05, 4.69) is 166 Å². The number of hydrogen-bond acceptors (Lipinski definition) is 1. The van der Waals surface area contributed by atoms with Crippen molar-refractivity contribution in [3.8, 4) is 0 Å². The molecular weight excluding hydrogens is 828 g/mol. The predicted octanol–water partition coefficient (Wildman–Crippen LogP) is 6.89. The van der Waals surface area contributed by atoms with Crippen LogP contribution in [-0.4, -0.2) is 6.29 Å². The summed E-state index contributed by atoms with van der Waals surface area (Å²) < 4.78 is 22.5. The van der Waals surface area contributed by atoms with Gasteiger partial charge in [0.1, 0.15) is 0 Å². The van der Waals surface area contributed by atoms with E-state index in [1.807, 2.05) is 0 Å². The molecule has 0 fully saturated rings. The van der Waals surface area contributed by atoms with Crippen molar-refractivity contribution in [2.45, 2.75) is 0 Å². The van der Waals surface area contributed by atoms with Gasteiger partial charge in [-0.3, -0.25) is 0 Å². The molecule has 0 aliphatic rings. The van der Waals surface area contributed by atoms with Crippen molar-refractivity contribution in [1.82, 2.24) is 0 Å². The molecule has 4 nitrogen and oxygen atoms in total. The number of rotatable bonds is 7. The second kappa shape index (κ2) is 25.1. The molecule has 0 unspecified atom stereocenters. The molecule has 48 heavy (non-hydrogen) atoms. The van der Waals surface area contributed by atoms with Gasteiger partial charge in [0.25, 0.3) is 0 Å². The van der Waals surface area contributed by atoms with Gasteiger partial charge in [-0.05, 0) is 47.7 Å². The normalized spacial score (nSPS) is 9.19. The first-order valence-corrected chi connectivity index (χ1v) is 16.9. The summed E-state index contributed by atoms with van der Waals surface area (Å²) in [5, 5.41) is 9.07. The monoisotopic (exact) mass is 856 g/mol. The van der Waals surface area contributed by atoms with E-state index < -0.39 is 15.8 Å². The topological polar surface area (TPSA) is 76.8 Å². The van der Waals surface area contributed by atoms with Crippen molar-refractivity contribution in [2.24, 2.45) is 0 Å². The van der Waals surface area contributed by atoms with E-state index in [1.54, 1.807) is 30.6 Å². The van der Waals surface area contributed by atoms with Gasteiger partial charge in [0, 0.05) is 25.4 Å². The van der Waals surface area contributed by atoms with E-state index in [0.717, 1.165) is 0 Å². The molecule has 0 saturated heterocycles. The Morgan fingerprint density at radius 1 is 0.417 bits per heavy atom. The average molecular weight is 856 g/mol. The molecule has 1 radical (unpaired) electrons. The van der Waals surface area contributed by atoms with Crippen LogP contribution in [0.15, 0.2) is 170 Å². The van der Waals surface area contributed by atoms with E-state index in [4.69, 9.17) is 25.6 Å². The van der Waals surface area contributed by atoms with Crippen molar-refractivity contribution in [1.29, 1.82) is 0 Å². The van der Waals surface area contributed by atoms with Crippen molar-refractivity contribution in [3.05, 3.63) is 200 Å². The zero-order chi connectivity index (χ0) is 34.3. The van der Waals surface area contributed by atoms with E-state index in [-0.39, 0.29) is 20.4 Å². The summed E-state index contributed by atoms with van der Waals surface area (Å²) in [5.74, 6) is 0. The van der Waals surface area contributed by atoms with Gasteiger partial charge in [0.05, 0.1) is 6.29 Å². The van der Waals surface area contributed by atoms with Crippen molar-refractivity contribution < 1.29 is 39.2 Å². The molecule has 0 aliphatic heterocycles. The van der Waals surface area contributed by atoms with Crippen LogP contribution >= 0.6 is 27.4 Å². The van der Waals surface area contributed by atoms with Gasteiger partial charge in [0.15, 0.2) is 0 Å². The van der Waals surface area contributed by atoms with Crippen molar-refractivity contribution in [3.63, 3.8) is 0 Å². The van der Waals surface area contributed by atoms with E-state index in [9.17, 15) is 4.79 Å². The molecule has 0 saturated carbocycles. The van der Waals surface area contributed by atoms with Crippen LogP contribution < -0.4 is 31.8 Å². The Morgan fingerprint density at radius 2 is 0.667 bits per heavy atom. The molecular formula is C40H28ClO4P2Re-. The molecule has 0 atom stereocenters. The average Bonchev–Trinajstić information content (AvgIpc) is 3.17. The van der Waals surface area contributed by atoms with Gasteiger partial charge < -0.3 is 4.79 Å². The zero-order valence-electron chi connectivity index (χ0n) is 25.4. The van der Waals surface area contributed by atoms with E-state index >= 15 is 0 Å². The molecule has 8 heteroatoms. The molecule has 0 spiro atoms. The summed E-state index contributed by atoms with van der Waals surface area (Å²) in [5.41, 5.74) is 0.527. The van der Waals surface area contributed by atoms with Crippen LogP contribution in [0.5, 0.6) is 0 Å². The Kier molecular flexibility index (Phi) is 22.0. The van der Waals surface area contributed by atoms with Crippen LogP contribution in [0, 0.1) is 20.0 Å². The Labute approximate surface area is 303 Å². The third-order valence-electron chi connectivity index (χ3n) is 6.38. The zero-order valence-corrected chi connectivity index (χ0v) is 30.7. The van der Waals surface area contributed by atoms with Crippen LogP contribution in [0.25, 0.3) is 0 Å². The Bertz CT molecular complexity index is 1610. The molecule has 237 valence electrons. The molecule has 6 rings (SSSR count). The summed E-state index contributed by atoms with van der Waals surface area (Å²) in [6.07, 6.45) is 1.75. The third kappa shape index (κ3) is 12.6. The molecule has 0 aliphatic carbocycles. The minimum absolute atomic E-state index is 0. The van der Waals surface area contributed by atoms with Gasteiger partial charge in [0.2, 0.25) is 0 Å². The summed E-state index contributed by atoms with van der Waals surface area (Å²) in [7, 11) is -1.33. The van der Waals surface area contributed by atoms with Crippen molar-refractivity contribution in [2.75, 3.05) is 0 Å². The predicted molar refractivity (Wildman–Crippen MR) is 192 cm³/mol. The second-order valence-corrected chi connectivity index (χ2v) is 13.9. The quantitative estimate of drug-likeness (QED) is 0.0981. The SMILES string of the molecule is O=[C-]c1ccc(Cl)cc1.[C-]#[O+].[C-]#[O+].[C-]#[O+].[Re].c1ccc(P(c2ccccc2)c2ccccc2P(c2ccccc2)c2ccccc2)cc1. The standard InChI is InChI=1S/C30H24P2.C7H4ClO.3CO.Re/c1-5-15-25(16-6-1)31(26-17-7-2-8-18-26)29-23-13-14-24-30(29)32(27-19-9-3-10-20-27)28-21-11-4-12-22-28;8-7-3-1-6(5-9)2-4-7;3*1-2;/h1-24H;1-4H;;;;/q;-1;;;;. The third-order valence-corrected chi connectivity index (χ3v) is 11.8. The summed E-state index contributed by atoms with van der Waals surface area (Å²) in [4.78, 5) is 9.95. The maximum absolute atomic E-state index is 9.95. The Morgan fingerprint density at radius 3 is 0.917 bits per heavy atom. The van der Waals surface area contributed by atoms with E-state index in [0.29, 0.717) is 10.6 Å². The van der Waals surface area contributed by atoms with Crippen LogP contribution in [-0.2, 0) is 39.2 Å². The maximum atomic E-state index is 9.95. The fourth-order valence-electron chi connectivity index (χ4n) is 4.52. The first kappa shape index (κ1) is 42.0. The fourth-order valence-corrected chi connectivity index (χ4v) is 9.92. The summed E-state index contributed by atoms with van der Waals surface area (Å²) in [6, 6.07) is 59.6. The van der Waals surface area contributed by atoms with Crippen LogP contribution in [0.3, 0.4) is 0 Å². The first-order valence-electron chi connectivity index (χ1n) is 13.9. The second-order valence-electron chi connectivity index (χ2n) is 9.11. The molecule has 0 amide bonds. The Hall–Kier alpha value is -3.98. The van der Waals surface area contributed by atoms with Crippen molar-refractivity contribution >= 4 is 65.6 Å². The van der Waals surface area contributed by atoms with Gasteiger partial charge in [-0.25, -0.2) is 0 Å².